The van der Waals surface area contributed by atoms with Gasteiger partial charge in [-0.1, -0.05) is 39.3 Å². The Kier molecular flexibility index (Phi) is 5.28. The molecule has 2 aromatic rings. The molecule has 4 heteroatoms. The second-order valence-electron chi connectivity index (χ2n) is 6.36. The molecule has 0 aliphatic heterocycles. The minimum atomic E-state index is -0.464. The van der Waals surface area contributed by atoms with E-state index in [0.29, 0.717) is 18.4 Å². The number of fused-ring (bicyclic) bond motifs is 1. The van der Waals surface area contributed by atoms with Gasteiger partial charge in [0.1, 0.15) is 5.76 Å². The predicted octanol–water partition coefficient (Wildman–Crippen LogP) is 5.17. The second-order valence-corrected chi connectivity index (χ2v) is 6.77. The summed E-state index contributed by atoms with van der Waals surface area (Å²) in [6, 6.07) is 3.46. The summed E-state index contributed by atoms with van der Waals surface area (Å²) in [6.45, 7) is 10.1. The Morgan fingerprint density at radius 1 is 1.19 bits per heavy atom. The van der Waals surface area contributed by atoms with E-state index in [4.69, 9.17) is 16.0 Å². The van der Waals surface area contributed by atoms with Crippen LogP contribution in [0.15, 0.2) is 16.5 Å². The molecule has 21 heavy (non-hydrogen) atoms. The molecule has 0 unspecified atom stereocenters. The molecule has 0 aliphatic carbocycles. The summed E-state index contributed by atoms with van der Waals surface area (Å²) in [7, 11) is 0. The number of furan rings is 1. The fraction of sp³-hybridized carbons (Fsp3) is 0.529. The van der Waals surface area contributed by atoms with Crippen molar-refractivity contribution in [3.8, 4) is 0 Å². The zero-order valence-corrected chi connectivity index (χ0v) is 13.9. The van der Waals surface area contributed by atoms with Crippen LogP contribution in [0.2, 0.25) is 5.02 Å². The number of hydrogen-bond acceptors (Lipinski definition) is 2. The van der Waals surface area contributed by atoms with Gasteiger partial charge in [0.25, 0.3) is 0 Å². The summed E-state index contributed by atoms with van der Waals surface area (Å²) >= 11 is 5.85. The van der Waals surface area contributed by atoms with Crippen molar-refractivity contribution in [3.05, 3.63) is 34.3 Å². The lowest BCUT2D eigenvalue weighted by atomic mass is 9.99. The summed E-state index contributed by atoms with van der Waals surface area (Å²) in [6.07, 6.45) is 0.868. The molecule has 0 aliphatic rings. The van der Waals surface area contributed by atoms with E-state index in [-0.39, 0.29) is 10.6 Å². The third-order valence-electron chi connectivity index (χ3n) is 3.39. The summed E-state index contributed by atoms with van der Waals surface area (Å²) in [4.78, 5) is 0. The van der Waals surface area contributed by atoms with Gasteiger partial charge < -0.3 is 9.73 Å². The first-order chi connectivity index (χ1) is 9.90. The highest BCUT2D eigenvalue weighted by Crippen LogP contribution is 2.33. The number of rotatable bonds is 6. The van der Waals surface area contributed by atoms with Crippen molar-refractivity contribution in [2.45, 2.75) is 40.7 Å². The molecule has 0 fully saturated rings. The highest BCUT2D eigenvalue weighted by atomic mass is 35.5. The van der Waals surface area contributed by atoms with Gasteiger partial charge in [0, 0.05) is 10.9 Å². The van der Waals surface area contributed by atoms with E-state index in [1.54, 1.807) is 6.07 Å². The molecule has 0 radical (unpaired) electrons. The second kappa shape index (κ2) is 6.80. The summed E-state index contributed by atoms with van der Waals surface area (Å²) < 4.78 is 19.9. The van der Waals surface area contributed by atoms with Crippen molar-refractivity contribution in [3.63, 3.8) is 0 Å². The van der Waals surface area contributed by atoms with E-state index in [1.165, 1.54) is 0 Å². The van der Waals surface area contributed by atoms with Crippen LogP contribution in [0.1, 0.15) is 39.0 Å². The lowest BCUT2D eigenvalue weighted by Crippen LogP contribution is -2.19. The van der Waals surface area contributed by atoms with E-state index in [9.17, 15) is 4.39 Å². The maximum Gasteiger partial charge on any atom is 0.184 e. The van der Waals surface area contributed by atoms with Crippen LogP contribution in [0, 0.1) is 17.7 Å². The van der Waals surface area contributed by atoms with Gasteiger partial charge in [-0.25, -0.2) is 4.39 Å². The number of nitrogens with one attached hydrogen (secondary N) is 1. The molecule has 0 amide bonds. The number of hydrogen-bond donors (Lipinski definition) is 1. The monoisotopic (exact) mass is 311 g/mol. The largest absolute Gasteiger partial charge is 0.456 e. The Morgan fingerprint density at radius 2 is 1.90 bits per heavy atom. The Balaban J connectivity index is 2.39. The summed E-state index contributed by atoms with van der Waals surface area (Å²) in [5, 5.41) is 4.31. The Bertz CT molecular complexity index is 619. The molecule has 0 spiro atoms. The highest BCUT2D eigenvalue weighted by Gasteiger charge is 2.19. The van der Waals surface area contributed by atoms with Gasteiger partial charge in [-0.3, -0.25) is 0 Å². The Hall–Kier alpha value is -1.06. The summed E-state index contributed by atoms with van der Waals surface area (Å²) in [5.41, 5.74) is 1.37. The van der Waals surface area contributed by atoms with Crippen molar-refractivity contribution >= 4 is 22.6 Å². The molecule has 116 valence electrons. The van der Waals surface area contributed by atoms with E-state index in [1.807, 2.05) is 6.07 Å². The maximum absolute atomic E-state index is 14.1. The molecule has 1 heterocycles. The zero-order valence-electron chi connectivity index (χ0n) is 13.1. The predicted molar refractivity (Wildman–Crippen MR) is 86.3 cm³/mol. The molecule has 0 bridgehead atoms. The smallest absolute Gasteiger partial charge is 0.184 e. The normalized spacial score (nSPS) is 12.0. The van der Waals surface area contributed by atoms with Crippen molar-refractivity contribution < 1.29 is 8.81 Å². The Morgan fingerprint density at radius 3 is 2.52 bits per heavy atom. The third kappa shape index (κ3) is 3.78. The van der Waals surface area contributed by atoms with Crippen LogP contribution in [-0.4, -0.2) is 6.54 Å². The van der Waals surface area contributed by atoms with Gasteiger partial charge in [0.15, 0.2) is 11.4 Å². The molecule has 0 saturated carbocycles. The Labute approximate surface area is 130 Å². The molecule has 1 aromatic heterocycles. The average molecular weight is 312 g/mol. The quantitative estimate of drug-likeness (QED) is 0.796. The SMILES string of the molecule is CC(C)CNCc1oc2c(F)c(Cl)ccc2c1CC(C)C. The molecule has 0 saturated heterocycles. The fourth-order valence-corrected chi connectivity index (χ4v) is 2.60. The average Bonchev–Trinajstić information content (AvgIpc) is 2.72. The molecule has 1 aromatic carbocycles. The van der Waals surface area contributed by atoms with Gasteiger partial charge in [0.2, 0.25) is 0 Å². The van der Waals surface area contributed by atoms with Crippen LogP contribution in [0.25, 0.3) is 11.0 Å². The molecule has 1 N–H and O–H groups in total. The number of benzene rings is 1. The van der Waals surface area contributed by atoms with Crippen molar-refractivity contribution in [1.29, 1.82) is 0 Å². The van der Waals surface area contributed by atoms with Crippen LogP contribution >= 0.6 is 11.6 Å². The van der Waals surface area contributed by atoms with E-state index >= 15 is 0 Å². The van der Waals surface area contributed by atoms with E-state index in [2.05, 4.69) is 33.0 Å². The van der Waals surface area contributed by atoms with Crippen molar-refractivity contribution in [2.75, 3.05) is 6.54 Å². The standard InChI is InChI=1S/C17H23ClFNO/c1-10(2)7-13-12-5-6-14(18)16(19)17(12)21-15(13)9-20-8-11(3)4/h5-6,10-11,20H,7-9H2,1-4H3. The van der Waals surface area contributed by atoms with Gasteiger partial charge in [0.05, 0.1) is 11.6 Å². The van der Waals surface area contributed by atoms with Gasteiger partial charge in [-0.2, -0.15) is 0 Å². The van der Waals surface area contributed by atoms with Gasteiger partial charge in [-0.05, 0) is 36.9 Å². The van der Waals surface area contributed by atoms with Gasteiger partial charge in [-0.15, -0.1) is 0 Å². The van der Waals surface area contributed by atoms with E-state index in [0.717, 1.165) is 29.7 Å². The highest BCUT2D eigenvalue weighted by molar-refractivity contribution is 6.31. The lowest BCUT2D eigenvalue weighted by molar-refractivity contribution is 0.467. The van der Waals surface area contributed by atoms with Crippen LogP contribution in [0.4, 0.5) is 4.39 Å². The third-order valence-corrected chi connectivity index (χ3v) is 3.68. The van der Waals surface area contributed by atoms with Gasteiger partial charge >= 0.3 is 0 Å². The van der Waals surface area contributed by atoms with Crippen LogP contribution < -0.4 is 5.32 Å². The summed E-state index contributed by atoms with van der Waals surface area (Å²) in [5.74, 6) is 1.40. The first-order valence-electron chi connectivity index (χ1n) is 7.49. The van der Waals surface area contributed by atoms with Crippen LogP contribution in [0.3, 0.4) is 0 Å². The topological polar surface area (TPSA) is 25.2 Å². The van der Waals surface area contributed by atoms with Crippen molar-refractivity contribution in [1.82, 2.24) is 5.32 Å². The first kappa shape index (κ1) is 16.3. The lowest BCUT2D eigenvalue weighted by Gasteiger charge is -2.09. The molecule has 2 rings (SSSR count). The molecular formula is C17H23ClFNO. The fourth-order valence-electron chi connectivity index (χ4n) is 2.45. The molecular weight excluding hydrogens is 289 g/mol. The molecule has 0 atom stereocenters. The maximum atomic E-state index is 14.1. The van der Waals surface area contributed by atoms with Crippen molar-refractivity contribution in [2.24, 2.45) is 11.8 Å². The molecule has 2 nitrogen and oxygen atoms in total. The minimum absolute atomic E-state index is 0.106. The first-order valence-corrected chi connectivity index (χ1v) is 7.86. The number of halogens is 2. The van der Waals surface area contributed by atoms with Crippen LogP contribution in [0.5, 0.6) is 0 Å². The van der Waals surface area contributed by atoms with E-state index < -0.39 is 5.82 Å². The minimum Gasteiger partial charge on any atom is -0.456 e. The van der Waals surface area contributed by atoms with Crippen LogP contribution in [-0.2, 0) is 13.0 Å². The zero-order chi connectivity index (χ0) is 15.6.